The average Bonchev–Trinajstić information content (AvgIpc) is 2.53. The lowest BCUT2D eigenvalue weighted by molar-refractivity contribution is -0.116. The molecule has 0 saturated heterocycles. The molecule has 1 unspecified atom stereocenters. The molecule has 0 radical (unpaired) electrons. The number of hydrogen-bond acceptors (Lipinski definition) is 3. The van der Waals surface area contributed by atoms with Gasteiger partial charge < -0.3 is 15.8 Å². The monoisotopic (exact) mass is 332 g/mol. The molecule has 0 fully saturated rings. The molecule has 1 amide bonds. The quantitative estimate of drug-likeness (QED) is 0.806. The second-order valence-electron chi connectivity index (χ2n) is 5.47. The van der Waals surface area contributed by atoms with Crippen LogP contribution in [0.5, 0.6) is 5.75 Å². The first-order valence-electron chi connectivity index (χ1n) is 7.56. The van der Waals surface area contributed by atoms with Crippen LogP contribution in [0.2, 0.25) is 5.02 Å². The molecule has 1 atom stereocenters. The van der Waals surface area contributed by atoms with Gasteiger partial charge in [-0.2, -0.15) is 0 Å². The van der Waals surface area contributed by atoms with E-state index < -0.39 is 0 Å². The Kier molecular flexibility index (Phi) is 6.44. The second kappa shape index (κ2) is 8.56. The maximum absolute atomic E-state index is 11.7. The maximum Gasteiger partial charge on any atom is 0.224 e. The number of ether oxygens (including phenoxy) is 1. The minimum absolute atomic E-state index is 0.0290. The summed E-state index contributed by atoms with van der Waals surface area (Å²) < 4.78 is 5.70. The normalized spacial score (nSPS) is 11.8. The van der Waals surface area contributed by atoms with E-state index in [4.69, 9.17) is 22.1 Å². The number of hydrogen-bond donors (Lipinski definition) is 2. The van der Waals surface area contributed by atoms with Gasteiger partial charge in [-0.05, 0) is 43.7 Å². The van der Waals surface area contributed by atoms with Crippen molar-refractivity contribution < 1.29 is 9.53 Å². The molecule has 0 aliphatic carbocycles. The van der Waals surface area contributed by atoms with Crippen LogP contribution in [-0.2, 0) is 11.4 Å². The third-order valence-corrected chi connectivity index (χ3v) is 3.69. The molecule has 122 valence electrons. The van der Waals surface area contributed by atoms with Gasteiger partial charge in [0.1, 0.15) is 12.4 Å². The average molecular weight is 333 g/mol. The molecule has 2 rings (SSSR count). The van der Waals surface area contributed by atoms with E-state index in [0.29, 0.717) is 24.5 Å². The number of anilines is 1. The summed E-state index contributed by atoms with van der Waals surface area (Å²) in [5.74, 6) is 0.686. The smallest absolute Gasteiger partial charge is 0.224 e. The Morgan fingerprint density at radius 1 is 1.22 bits per heavy atom. The molecular weight excluding hydrogens is 312 g/mol. The molecule has 23 heavy (non-hydrogen) atoms. The number of rotatable bonds is 7. The third kappa shape index (κ3) is 5.93. The van der Waals surface area contributed by atoms with Gasteiger partial charge in [-0.3, -0.25) is 4.79 Å². The van der Waals surface area contributed by atoms with Gasteiger partial charge in [-0.15, -0.1) is 0 Å². The van der Waals surface area contributed by atoms with Gasteiger partial charge in [-0.25, -0.2) is 0 Å². The van der Waals surface area contributed by atoms with Crippen molar-refractivity contribution in [2.24, 2.45) is 5.73 Å². The van der Waals surface area contributed by atoms with Gasteiger partial charge >= 0.3 is 0 Å². The molecule has 4 nitrogen and oxygen atoms in total. The highest BCUT2D eigenvalue weighted by molar-refractivity contribution is 6.31. The van der Waals surface area contributed by atoms with Gasteiger partial charge in [0.25, 0.3) is 0 Å². The number of nitrogens with two attached hydrogens (primary N) is 1. The van der Waals surface area contributed by atoms with Crippen LogP contribution in [0.4, 0.5) is 5.69 Å². The Hall–Kier alpha value is -2.04. The standard InChI is InChI=1S/C18H21ClN2O2/c1-13(20)6-11-18(22)21-15-7-9-16(10-8-15)23-12-14-4-2-3-5-17(14)19/h2-5,7-10,13H,6,11-12,20H2,1H3,(H,21,22). The maximum atomic E-state index is 11.7. The zero-order valence-corrected chi connectivity index (χ0v) is 13.8. The Balaban J connectivity index is 1.85. The van der Waals surface area contributed by atoms with E-state index in [1.807, 2.05) is 55.5 Å². The minimum Gasteiger partial charge on any atom is -0.489 e. The fourth-order valence-corrected chi connectivity index (χ4v) is 2.18. The Morgan fingerprint density at radius 2 is 1.91 bits per heavy atom. The van der Waals surface area contributed by atoms with E-state index in [2.05, 4.69) is 5.32 Å². The summed E-state index contributed by atoms with van der Waals surface area (Å²) in [6.45, 7) is 2.29. The van der Waals surface area contributed by atoms with Crippen molar-refractivity contribution >= 4 is 23.2 Å². The summed E-state index contributed by atoms with van der Waals surface area (Å²) in [7, 11) is 0. The van der Waals surface area contributed by atoms with Gasteiger partial charge in [0.15, 0.2) is 0 Å². The highest BCUT2D eigenvalue weighted by Crippen LogP contribution is 2.20. The molecule has 3 N–H and O–H groups in total. The van der Waals surface area contributed by atoms with Crippen LogP contribution in [0.25, 0.3) is 0 Å². The second-order valence-corrected chi connectivity index (χ2v) is 5.88. The summed E-state index contributed by atoms with van der Waals surface area (Å²) in [5, 5.41) is 3.52. The molecule has 0 heterocycles. The van der Waals surface area contributed by atoms with Crippen molar-refractivity contribution in [3.8, 4) is 5.75 Å². The summed E-state index contributed by atoms with van der Waals surface area (Å²) in [6, 6.07) is 14.9. The Morgan fingerprint density at radius 3 is 2.57 bits per heavy atom. The first-order valence-corrected chi connectivity index (χ1v) is 7.94. The molecule has 5 heteroatoms. The fourth-order valence-electron chi connectivity index (χ4n) is 1.99. The van der Waals surface area contributed by atoms with Crippen molar-refractivity contribution in [3.05, 3.63) is 59.1 Å². The van der Waals surface area contributed by atoms with Gasteiger partial charge in [0, 0.05) is 28.7 Å². The van der Waals surface area contributed by atoms with E-state index in [1.54, 1.807) is 0 Å². The van der Waals surface area contributed by atoms with Crippen molar-refractivity contribution in [2.75, 3.05) is 5.32 Å². The highest BCUT2D eigenvalue weighted by Gasteiger charge is 2.05. The van der Waals surface area contributed by atoms with E-state index in [1.165, 1.54) is 0 Å². The van der Waals surface area contributed by atoms with E-state index in [-0.39, 0.29) is 11.9 Å². The molecule has 0 aliphatic heterocycles. The molecule has 0 spiro atoms. The Labute approximate surface area is 141 Å². The number of amides is 1. The summed E-state index contributed by atoms with van der Waals surface area (Å²) in [5.41, 5.74) is 7.31. The Bertz CT molecular complexity index is 642. The molecule has 2 aromatic carbocycles. The molecular formula is C18H21ClN2O2. The lowest BCUT2D eigenvalue weighted by Crippen LogP contribution is -2.19. The van der Waals surface area contributed by atoms with E-state index in [9.17, 15) is 4.79 Å². The van der Waals surface area contributed by atoms with Crippen LogP contribution in [-0.4, -0.2) is 11.9 Å². The lowest BCUT2D eigenvalue weighted by Gasteiger charge is -2.10. The van der Waals surface area contributed by atoms with Crippen LogP contribution in [0.3, 0.4) is 0 Å². The minimum atomic E-state index is -0.0352. The first-order chi connectivity index (χ1) is 11.0. The van der Waals surface area contributed by atoms with Crippen molar-refractivity contribution in [1.82, 2.24) is 0 Å². The largest absolute Gasteiger partial charge is 0.489 e. The summed E-state index contributed by atoms with van der Waals surface area (Å²) in [4.78, 5) is 11.7. The van der Waals surface area contributed by atoms with Crippen molar-refractivity contribution in [1.29, 1.82) is 0 Å². The SMILES string of the molecule is CC(N)CCC(=O)Nc1ccc(OCc2ccccc2Cl)cc1. The van der Waals surface area contributed by atoms with Crippen LogP contribution in [0.1, 0.15) is 25.3 Å². The number of carbonyl (C=O) groups is 1. The molecule has 0 saturated carbocycles. The van der Waals surface area contributed by atoms with Crippen LogP contribution in [0.15, 0.2) is 48.5 Å². The molecule has 2 aromatic rings. The number of nitrogens with one attached hydrogen (secondary N) is 1. The zero-order chi connectivity index (χ0) is 16.7. The third-order valence-electron chi connectivity index (χ3n) is 3.32. The topological polar surface area (TPSA) is 64.4 Å². The fraction of sp³-hybridized carbons (Fsp3) is 0.278. The van der Waals surface area contributed by atoms with Crippen LogP contribution < -0.4 is 15.8 Å². The van der Waals surface area contributed by atoms with Gasteiger partial charge in [-0.1, -0.05) is 29.8 Å². The van der Waals surface area contributed by atoms with E-state index in [0.717, 1.165) is 17.0 Å². The molecule has 0 bridgehead atoms. The van der Waals surface area contributed by atoms with Crippen LogP contribution in [0, 0.1) is 0 Å². The first kappa shape index (κ1) is 17.3. The predicted molar refractivity (Wildman–Crippen MR) is 93.7 cm³/mol. The van der Waals surface area contributed by atoms with Crippen molar-refractivity contribution in [3.63, 3.8) is 0 Å². The number of carbonyl (C=O) groups excluding carboxylic acids is 1. The van der Waals surface area contributed by atoms with E-state index >= 15 is 0 Å². The summed E-state index contributed by atoms with van der Waals surface area (Å²) in [6.07, 6.45) is 1.09. The van der Waals surface area contributed by atoms with Gasteiger partial charge in [0.05, 0.1) is 0 Å². The predicted octanol–water partition coefficient (Wildman–Crippen LogP) is 3.98. The summed E-state index contributed by atoms with van der Waals surface area (Å²) >= 11 is 6.09. The number of benzene rings is 2. The highest BCUT2D eigenvalue weighted by atomic mass is 35.5. The lowest BCUT2D eigenvalue weighted by atomic mass is 10.2. The van der Waals surface area contributed by atoms with Crippen molar-refractivity contribution in [2.45, 2.75) is 32.4 Å². The molecule has 0 aromatic heterocycles. The zero-order valence-electron chi connectivity index (χ0n) is 13.1. The molecule has 0 aliphatic rings. The number of halogens is 1. The van der Waals surface area contributed by atoms with Gasteiger partial charge in [0.2, 0.25) is 5.91 Å². The van der Waals surface area contributed by atoms with Crippen LogP contribution >= 0.6 is 11.6 Å².